The first kappa shape index (κ1) is 26.8. The molecule has 0 spiro atoms. The molecule has 0 aliphatic rings. The molecule has 8 aromatic carbocycles. The Morgan fingerprint density at radius 2 is 0.875 bits per heavy atom. The van der Waals surface area contributed by atoms with Crippen LogP contribution < -0.4 is 0 Å². The molecule has 0 N–H and O–H groups in total. The van der Waals surface area contributed by atoms with E-state index in [-0.39, 0.29) is 0 Å². The van der Waals surface area contributed by atoms with Crippen LogP contribution in [0.4, 0.5) is 0 Å². The predicted octanol–water partition coefficient (Wildman–Crippen LogP) is 13.3. The van der Waals surface area contributed by atoms with Crippen molar-refractivity contribution in [3.8, 4) is 44.5 Å². The summed E-state index contributed by atoms with van der Waals surface area (Å²) in [6, 6.07) is 58.3. The van der Waals surface area contributed by atoms with Gasteiger partial charge in [-0.25, -0.2) is 0 Å². The second-order valence-electron chi connectivity index (χ2n) is 12.4. The topological polar surface area (TPSA) is 26.3 Å². The first-order valence-corrected chi connectivity index (χ1v) is 16.3. The molecule has 224 valence electrons. The Kier molecular flexibility index (Phi) is 5.91. The number of hydrogen-bond donors (Lipinski definition) is 0. The van der Waals surface area contributed by atoms with Crippen molar-refractivity contribution >= 4 is 54.5 Å². The highest BCUT2D eigenvalue weighted by Gasteiger charge is 2.21. The maximum absolute atomic E-state index is 6.77. The Labute approximate surface area is 277 Å². The van der Waals surface area contributed by atoms with Crippen molar-refractivity contribution in [3.63, 3.8) is 0 Å². The van der Waals surface area contributed by atoms with Gasteiger partial charge in [0.2, 0.25) is 0 Å². The third-order valence-electron chi connectivity index (χ3n) is 9.76. The average molecular weight is 613 g/mol. The lowest BCUT2D eigenvalue weighted by Gasteiger charge is -2.19. The third kappa shape index (κ3) is 4.00. The maximum atomic E-state index is 6.77. The number of rotatable bonds is 4. The summed E-state index contributed by atoms with van der Waals surface area (Å²) in [7, 11) is 0. The van der Waals surface area contributed by atoms with Crippen molar-refractivity contribution in [1.82, 2.24) is 0 Å². The van der Waals surface area contributed by atoms with E-state index in [9.17, 15) is 0 Å². The molecule has 2 nitrogen and oxygen atoms in total. The second kappa shape index (κ2) is 10.6. The van der Waals surface area contributed by atoms with Crippen LogP contribution in [0.25, 0.3) is 99.0 Å². The molecule has 2 heterocycles. The van der Waals surface area contributed by atoms with Crippen molar-refractivity contribution in [2.24, 2.45) is 0 Å². The molecule has 0 bridgehead atoms. The molecule has 0 fully saturated rings. The van der Waals surface area contributed by atoms with Crippen molar-refractivity contribution in [3.05, 3.63) is 170 Å². The SMILES string of the molecule is c1ccc(-c2ccccc2-c2c3ccccc3c(-c3ccc4c(c3)oc3c4ccc4occ(-c5ccccc5)c43)c3ccccc23)cc1. The summed E-state index contributed by atoms with van der Waals surface area (Å²) < 4.78 is 12.8. The monoisotopic (exact) mass is 612 g/mol. The fourth-order valence-corrected chi connectivity index (χ4v) is 7.64. The Morgan fingerprint density at radius 3 is 1.54 bits per heavy atom. The fourth-order valence-electron chi connectivity index (χ4n) is 7.64. The highest BCUT2D eigenvalue weighted by atomic mass is 16.3. The van der Waals surface area contributed by atoms with Crippen LogP contribution in [0.5, 0.6) is 0 Å². The van der Waals surface area contributed by atoms with Gasteiger partial charge in [0.1, 0.15) is 16.7 Å². The Bertz CT molecular complexity index is 2760. The van der Waals surface area contributed by atoms with Gasteiger partial charge >= 0.3 is 0 Å². The summed E-state index contributed by atoms with van der Waals surface area (Å²) in [4.78, 5) is 0. The van der Waals surface area contributed by atoms with Gasteiger partial charge in [0.15, 0.2) is 0 Å². The van der Waals surface area contributed by atoms with Crippen molar-refractivity contribution < 1.29 is 8.83 Å². The van der Waals surface area contributed by atoms with E-state index in [1.165, 1.54) is 49.4 Å². The van der Waals surface area contributed by atoms with Crippen LogP contribution in [-0.4, -0.2) is 0 Å². The van der Waals surface area contributed by atoms with E-state index in [1.54, 1.807) is 0 Å². The van der Waals surface area contributed by atoms with Gasteiger partial charge in [-0.15, -0.1) is 0 Å². The van der Waals surface area contributed by atoms with Crippen LogP contribution in [0.15, 0.2) is 179 Å². The molecule has 48 heavy (non-hydrogen) atoms. The van der Waals surface area contributed by atoms with Gasteiger partial charge in [0, 0.05) is 16.3 Å². The van der Waals surface area contributed by atoms with Crippen LogP contribution in [-0.2, 0) is 0 Å². The minimum atomic E-state index is 0.823. The van der Waals surface area contributed by atoms with Crippen LogP contribution in [0, 0.1) is 0 Å². The number of furan rings is 2. The summed E-state index contributed by atoms with van der Waals surface area (Å²) in [5.41, 5.74) is 12.0. The molecular formula is C46H28O2. The van der Waals surface area contributed by atoms with Crippen LogP contribution >= 0.6 is 0 Å². The molecule has 0 unspecified atom stereocenters. The van der Waals surface area contributed by atoms with Crippen molar-refractivity contribution in [2.45, 2.75) is 0 Å². The van der Waals surface area contributed by atoms with E-state index in [4.69, 9.17) is 8.83 Å². The average Bonchev–Trinajstić information content (AvgIpc) is 3.76. The minimum Gasteiger partial charge on any atom is -0.464 e. The van der Waals surface area contributed by atoms with E-state index in [1.807, 2.05) is 12.3 Å². The Balaban J connectivity index is 1.24. The lowest BCUT2D eigenvalue weighted by molar-refractivity contribution is 0.616. The maximum Gasteiger partial charge on any atom is 0.147 e. The Hall–Kier alpha value is -6.38. The molecule has 0 saturated heterocycles. The van der Waals surface area contributed by atoms with Crippen LogP contribution in [0.1, 0.15) is 0 Å². The first-order valence-electron chi connectivity index (χ1n) is 16.3. The molecule has 0 aliphatic carbocycles. The molecule has 10 aromatic rings. The standard InChI is InChI=1S/C46H28O2/c1-3-13-29(14-4-1)32-17-7-8-18-34(32)44-37-21-11-9-19-35(37)43(36-20-10-12-22-38(36)44)31-23-24-33-39-25-26-41-45(46(39)48-42(33)27-31)40(28-47-41)30-15-5-2-6-16-30/h1-28H. The molecule has 2 heteroatoms. The molecule has 10 rings (SSSR count). The highest BCUT2D eigenvalue weighted by Crippen LogP contribution is 2.47. The molecule has 0 saturated carbocycles. The zero-order valence-electron chi connectivity index (χ0n) is 26.0. The zero-order valence-corrected chi connectivity index (χ0v) is 26.0. The molecule has 2 aromatic heterocycles. The van der Waals surface area contributed by atoms with Gasteiger partial charge < -0.3 is 8.83 Å². The number of fused-ring (bicyclic) bond motifs is 7. The van der Waals surface area contributed by atoms with E-state index >= 15 is 0 Å². The van der Waals surface area contributed by atoms with E-state index in [2.05, 4.69) is 158 Å². The number of benzene rings is 8. The van der Waals surface area contributed by atoms with Crippen LogP contribution in [0.3, 0.4) is 0 Å². The summed E-state index contributed by atoms with van der Waals surface area (Å²) in [5, 5.41) is 8.08. The quantitative estimate of drug-likeness (QED) is 0.185. The molecule has 0 radical (unpaired) electrons. The molecule has 0 amide bonds. The summed E-state index contributed by atoms with van der Waals surface area (Å²) in [5.74, 6) is 0. The van der Waals surface area contributed by atoms with Gasteiger partial charge in [-0.05, 0) is 84.8 Å². The second-order valence-corrected chi connectivity index (χ2v) is 12.4. The predicted molar refractivity (Wildman–Crippen MR) is 200 cm³/mol. The highest BCUT2D eigenvalue weighted by molar-refractivity contribution is 6.23. The van der Waals surface area contributed by atoms with Gasteiger partial charge in [-0.1, -0.05) is 140 Å². The zero-order chi connectivity index (χ0) is 31.6. The molecular weight excluding hydrogens is 585 g/mol. The van der Waals surface area contributed by atoms with E-state index in [0.717, 1.165) is 49.6 Å². The largest absolute Gasteiger partial charge is 0.464 e. The summed E-state index contributed by atoms with van der Waals surface area (Å²) in [6.07, 6.45) is 1.84. The third-order valence-corrected chi connectivity index (χ3v) is 9.76. The van der Waals surface area contributed by atoms with E-state index in [0.29, 0.717) is 0 Å². The smallest absolute Gasteiger partial charge is 0.147 e. The first-order chi connectivity index (χ1) is 23.8. The van der Waals surface area contributed by atoms with Gasteiger partial charge in [0.25, 0.3) is 0 Å². The van der Waals surface area contributed by atoms with Crippen molar-refractivity contribution in [1.29, 1.82) is 0 Å². The summed E-state index contributed by atoms with van der Waals surface area (Å²) in [6.45, 7) is 0. The van der Waals surface area contributed by atoms with E-state index < -0.39 is 0 Å². The minimum absolute atomic E-state index is 0.823. The molecule has 0 atom stereocenters. The molecule has 0 aliphatic heterocycles. The van der Waals surface area contributed by atoms with Crippen LogP contribution in [0.2, 0.25) is 0 Å². The Morgan fingerprint density at radius 1 is 0.333 bits per heavy atom. The van der Waals surface area contributed by atoms with Crippen molar-refractivity contribution in [2.75, 3.05) is 0 Å². The summed E-state index contributed by atoms with van der Waals surface area (Å²) >= 11 is 0. The lowest BCUT2D eigenvalue weighted by atomic mass is 9.84. The fraction of sp³-hybridized carbons (Fsp3) is 0. The lowest BCUT2D eigenvalue weighted by Crippen LogP contribution is -1.92. The normalized spacial score (nSPS) is 11.8. The van der Waals surface area contributed by atoms with Gasteiger partial charge in [-0.3, -0.25) is 0 Å². The van der Waals surface area contributed by atoms with Gasteiger partial charge in [0.05, 0.1) is 11.6 Å². The van der Waals surface area contributed by atoms with Gasteiger partial charge in [-0.2, -0.15) is 0 Å². The number of hydrogen-bond acceptors (Lipinski definition) is 2.